The van der Waals surface area contributed by atoms with Crippen molar-refractivity contribution in [1.29, 1.82) is 0 Å². The van der Waals surface area contributed by atoms with E-state index in [0.717, 1.165) is 12.0 Å². The standard InChI is InChI=1S/C17H16Cl2N2O3S/c1-25(23,24)21-9-3-4-11-10-12(7-8-15(11)21)17(22)20-14-6-2-5-13(18)16(14)19/h2,5-8,10H,3-4,9H2,1H3,(H,20,22). The summed E-state index contributed by atoms with van der Waals surface area (Å²) in [5.41, 5.74) is 2.33. The van der Waals surface area contributed by atoms with Gasteiger partial charge in [-0.05, 0) is 48.7 Å². The van der Waals surface area contributed by atoms with Crippen molar-refractivity contribution in [3.8, 4) is 0 Å². The SMILES string of the molecule is CS(=O)(=O)N1CCCc2cc(C(=O)Nc3cccc(Cl)c3Cl)ccc21. The number of carbonyl (C=O) groups excluding carboxylic acids is 1. The largest absolute Gasteiger partial charge is 0.321 e. The molecule has 0 atom stereocenters. The number of carbonyl (C=O) groups is 1. The first kappa shape index (κ1) is 18.0. The van der Waals surface area contributed by atoms with Gasteiger partial charge < -0.3 is 5.32 Å². The monoisotopic (exact) mass is 398 g/mol. The summed E-state index contributed by atoms with van der Waals surface area (Å²) in [6.45, 7) is 0.454. The second kappa shape index (κ2) is 6.86. The highest BCUT2D eigenvalue weighted by molar-refractivity contribution is 7.92. The highest BCUT2D eigenvalue weighted by atomic mass is 35.5. The predicted octanol–water partition coefficient (Wildman–Crippen LogP) is 3.96. The summed E-state index contributed by atoms with van der Waals surface area (Å²) in [5.74, 6) is -0.330. The molecule has 0 radical (unpaired) electrons. The molecule has 1 aliphatic heterocycles. The minimum absolute atomic E-state index is 0.277. The van der Waals surface area contributed by atoms with E-state index < -0.39 is 10.0 Å². The molecule has 0 unspecified atom stereocenters. The highest BCUT2D eigenvalue weighted by Crippen LogP contribution is 2.32. The average molecular weight is 399 g/mol. The van der Waals surface area contributed by atoms with Crippen LogP contribution in [0.25, 0.3) is 0 Å². The fourth-order valence-electron chi connectivity index (χ4n) is 2.84. The molecule has 1 amide bonds. The highest BCUT2D eigenvalue weighted by Gasteiger charge is 2.24. The number of amides is 1. The second-order valence-electron chi connectivity index (χ2n) is 5.84. The molecule has 0 aliphatic carbocycles. The van der Waals surface area contributed by atoms with Crippen molar-refractivity contribution in [1.82, 2.24) is 0 Å². The lowest BCUT2D eigenvalue weighted by Gasteiger charge is -2.29. The van der Waals surface area contributed by atoms with E-state index in [1.165, 1.54) is 10.6 Å². The third-order valence-corrected chi connectivity index (χ3v) is 6.02. The fourth-order valence-corrected chi connectivity index (χ4v) is 4.19. The zero-order valence-electron chi connectivity index (χ0n) is 13.4. The normalized spacial score (nSPS) is 14.1. The summed E-state index contributed by atoms with van der Waals surface area (Å²) in [4.78, 5) is 12.5. The summed E-state index contributed by atoms with van der Waals surface area (Å²) < 4.78 is 25.2. The van der Waals surface area contributed by atoms with Crippen LogP contribution in [-0.2, 0) is 16.4 Å². The van der Waals surface area contributed by atoms with E-state index in [9.17, 15) is 13.2 Å². The van der Waals surface area contributed by atoms with Crippen LogP contribution in [0.2, 0.25) is 10.0 Å². The molecule has 5 nitrogen and oxygen atoms in total. The molecule has 0 aromatic heterocycles. The maximum absolute atomic E-state index is 12.5. The fraction of sp³-hybridized carbons (Fsp3) is 0.235. The number of halogens is 2. The molecule has 25 heavy (non-hydrogen) atoms. The molecular formula is C17H16Cl2N2O3S. The van der Waals surface area contributed by atoms with Gasteiger partial charge in [0.2, 0.25) is 10.0 Å². The molecule has 8 heteroatoms. The van der Waals surface area contributed by atoms with Gasteiger partial charge in [0.15, 0.2) is 0 Å². The van der Waals surface area contributed by atoms with Gasteiger partial charge in [-0.25, -0.2) is 8.42 Å². The number of sulfonamides is 1. The van der Waals surface area contributed by atoms with Gasteiger partial charge in [-0.3, -0.25) is 9.10 Å². The minimum Gasteiger partial charge on any atom is -0.321 e. The molecule has 0 saturated heterocycles. The Labute approximate surface area is 156 Å². The molecule has 0 fully saturated rings. The van der Waals surface area contributed by atoms with Crippen molar-refractivity contribution in [2.45, 2.75) is 12.8 Å². The van der Waals surface area contributed by atoms with E-state index in [-0.39, 0.29) is 10.9 Å². The summed E-state index contributed by atoms with van der Waals surface area (Å²) >= 11 is 12.0. The molecule has 1 heterocycles. The molecule has 2 aromatic carbocycles. The number of rotatable bonds is 3. The molecule has 1 aliphatic rings. The van der Waals surface area contributed by atoms with Crippen LogP contribution in [0.5, 0.6) is 0 Å². The minimum atomic E-state index is -3.33. The van der Waals surface area contributed by atoms with Crippen molar-refractivity contribution in [3.05, 3.63) is 57.6 Å². The van der Waals surface area contributed by atoms with Crippen molar-refractivity contribution in [2.24, 2.45) is 0 Å². The Morgan fingerprint density at radius 1 is 1.20 bits per heavy atom. The molecule has 2 aromatic rings. The molecular weight excluding hydrogens is 383 g/mol. The van der Waals surface area contributed by atoms with Gasteiger partial charge in [0.05, 0.1) is 27.7 Å². The lowest BCUT2D eigenvalue weighted by Crippen LogP contribution is -2.34. The van der Waals surface area contributed by atoms with Gasteiger partial charge in [-0.15, -0.1) is 0 Å². The first-order valence-electron chi connectivity index (χ1n) is 7.63. The van der Waals surface area contributed by atoms with Crippen LogP contribution >= 0.6 is 23.2 Å². The number of fused-ring (bicyclic) bond motifs is 1. The van der Waals surface area contributed by atoms with Gasteiger partial charge in [0.25, 0.3) is 5.91 Å². The Morgan fingerprint density at radius 2 is 1.96 bits per heavy atom. The van der Waals surface area contributed by atoms with Crippen molar-refractivity contribution < 1.29 is 13.2 Å². The zero-order valence-corrected chi connectivity index (χ0v) is 15.7. The third kappa shape index (κ3) is 3.76. The maximum Gasteiger partial charge on any atom is 0.255 e. The van der Waals surface area contributed by atoms with Gasteiger partial charge >= 0.3 is 0 Å². The van der Waals surface area contributed by atoms with E-state index in [1.807, 2.05) is 0 Å². The van der Waals surface area contributed by atoms with Crippen LogP contribution in [0.4, 0.5) is 11.4 Å². The van der Waals surface area contributed by atoms with E-state index in [1.54, 1.807) is 36.4 Å². The van der Waals surface area contributed by atoms with Crippen LogP contribution in [0, 0.1) is 0 Å². The zero-order chi connectivity index (χ0) is 18.2. The predicted molar refractivity (Wildman–Crippen MR) is 101 cm³/mol. The van der Waals surface area contributed by atoms with Gasteiger partial charge in [0.1, 0.15) is 0 Å². The molecule has 0 bridgehead atoms. The summed E-state index contributed by atoms with van der Waals surface area (Å²) in [7, 11) is -3.33. The Balaban J connectivity index is 1.89. The van der Waals surface area contributed by atoms with Crippen molar-refractivity contribution in [3.63, 3.8) is 0 Å². The Kier molecular flexibility index (Phi) is 4.95. The summed E-state index contributed by atoms with van der Waals surface area (Å²) in [6.07, 6.45) is 2.62. The third-order valence-electron chi connectivity index (χ3n) is 4.02. The first-order valence-corrected chi connectivity index (χ1v) is 10.2. The topological polar surface area (TPSA) is 66.5 Å². The number of benzene rings is 2. The Hall–Kier alpha value is -1.76. The van der Waals surface area contributed by atoms with Crippen LogP contribution in [0.1, 0.15) is 22.3 Å². The van der Waals surface area contributed by atoms with Crippen LogP contribution in [0.3, 0.4) is 0 Å². The average Bonchev–Trinajstić information content (AvgIpc) is 2.57. The van der Waals surface area contributed by atoms with E-state index in [0.29, 0.717) is 34.9 Å². The van der Waals surface area contributed by atoms with Crippen LogP contribution in [0.15, 0.2) is 36.4 Å². The smallest absolute Gasteiger partial charge is 0.255 e. The van der Waals surface area contributed by atoms with Crippen LogP contribution in [-0.4, -0.2) is 27.1 Å². The van der Waals surface area contributed by atoms with Crippen molar-refractivity contribution >= 4 is 50.5 Å². The lowest BCUT2D eigenvalue weighted by atomic mass is 10.0. The number of anilines is 2. The number of nitrogens with zero attached hydrogens (tertiary/aromatic N) is 1. The van der Waals surface area contributed by atoms with Crippen LogP contribution < -0.4 is 9.62 Å². The quantitative estimate of drug-likeness (QED) is 0.850. The summed E-state index contributed by atoms with van der Waals surface area (Å²) in [5, 5.41) is 3.36. The molecule has 0 saturated carbocycles. The number of aryl methyl sites for hydroxylation is 1. The maximum atomic E-state index is 12.5. The lowest BCUT2D eigenvalue weighted by molar-refractivity contribution is 0.102. The van der Waals surface area contributed by atoms with E-state index in [4.69, 9.17) is 23.2 Å². The van der Waals surface area contributed by atoms with Gasteiger partial charge in [-0.1, -0.05) is 29.3 Å². The molecule has 0 spiro atoms. The Morgan fingerprint density at radius 3 is 2.68 bits per heavy atom. The molecule has 132 valence electrons. The Bertz CT molecular complexity index is 945. The molecule has 3 rings (SSSR count). The van der Waals surface area contributed by atoms with Gasteiger partial charge in [0, 0.05) is 12.1 Å². The van der Waals surface area contributed by atoms with E-state index >= 15 is 0 Å². The molecule has 1 N–H and O–H groups in total. The van der Waals surface area contributed by atoms with Gasteiger partial charge in [-0.2, -0.15) is 0 Å². The number of hydrogen-bond donors (Lipinski definition) is 1. The van der Waals surface area contributed by atoms with E-state index in [2.05, 4.69) is 5.32 Å². The number of hydrogen-bond acceptors (Lipinski definition) is 3. The first-order chi connectivity index (χ1) is 11.8. The second-order valence-corrected chi connectivity index (χ2v) is 8.53. The summed E-state index contributed by atoms with van der Waals surface area (Å²) in [6, 6.07) is 10.00. The number of nitrogens with one attached hydrogen (secondary N) is 1. The van der Waals surface area contributed by atoms with Crippen molar-refractivity contribution in [2.75, 3.05) is 22.4 Å².